The van der Waals surface area contributed by atoms with E-state index in [9.17, 15) is 21.6 Å². The van der Waals surface area contributed by atoms with Crippen molar-refractivity contribution in [2.24, 2.45) is 0 Å². The lowest BCUT2D eigenvalue weighted by molar-refractivity contribution is -0.137. The Bertz CT molecular complexity index is 751. The fraction of sp³-hybridized carbons (Fsp3) is 0.417. The van der Waals surface area contributed by atoms with Gasteiger partial charge in [0.05, 0.1) is 39.9 Å². The van der Waals surface area contributed by atoms with Gasteiger partial charge in [-0.05, 0) is 30.4 Å². The number of hydrogen-bond acceptors (Lipinski definition) is 3. The maximum absolute atomic E-state index is 12.9. The van der Waals surface area contributed by atoms with Crippen molar-refractivity contribution in [1.82, 2.24) is 5.32 Å². The molecule has 1 aromatic carbocycles. The molecule has 2 aliphatic rings. The Hall–Kier alpha value is -1.06. The van der Waals surface area contributed by atoms with E-state index in [2.05, 4.69) is 5.32 Å². The molecule has 0 saturated carbocycles. The van der Waals surface area contributed by atoms with Crippen LogP contribution in [-0.4, -0.2) is 37.1 Å². The van der Waals surface area contributed by atoms with Crippen LogP contribution in [0.25, 0.3) is 0 Å². The summed E-state index contributed by atoms with van der Waals surface area (Å²) in [5, 5.41) is 3.12. The molecule has 0 amide bonds. The molecule has 3 rings (SSSR count). The third-order valence-electron chi connectivity index (χ3n) is 3.71. The average Bonchev–Trinajstić information content (AvgIpc) is 2.79. The topological polar surface area (TPSA) is 49.4 Å². The number of anilines is 1. The van der Waals surface area contributed by atoms with Crippen molar-refractivity contribution in [3.63, 3.8) is 0 Å². The Morgan fingerprint density at radius 1 is 1.32 bits per heavy atom. The summed E-state index contributed by atoms with van der Waals surface area (Å²) in [7, 11) is -3.25. The fourth-order valence-corrected chi connectivity index (χ4v) is 5.25. The number of rotatable bonds is 1. The number of nitrogens with zero attached hydrogens (tertiary/aromatic N) is 1. The lowest BCUT2D eigenvalue weighted by Crippen LogP contribution is -2.37. The van der Waals surface area contributed by atoms with Gasteiger partial charge in [0.1, 0.15) is 0 Å². The normalized spacial score (nSPS) is 26.9. The van der Waals surface area contributed by atoms with Crippen molar-refractivity contribution >= 4 is 44.5 Å². The summed E-state index contributed by atoms with van der Waals surface area (Å²) in [6, 6.07) is 1.94. The van der Waals surface area contributed by atoms with Crippen molar-refractivity contribution in [1.29, 1.82) is 0 Å². The number of benzene rings is 1. The van der Waals surface area contributed by atoms with Crippen molar-refractivity contribution < 1.29 is 21.6 Å². The summed E-state index contributed by atoms with van der Waals surface area (Å²) in [4.78, 5) is 1.38. The molecular weight excluding hydrogens is 361 g/mol. The number of alkyl halides is 3. The van der Waals surface area contributed by atoms with Gasteiger partial charge in [0, 0.05) is 0 Å². The highest BCUT2D eigenvalue weighted by Crippen LogP contribution is 2.38. The zero-order valence-corrected chi connectivity index (χ0v) is 13.3. The Morgan fingerprint density at radius 2 is 2.00 bits per heavy atom. The van der Waals surface area contributed by atoms with Gasteiger partial charge in [0.25, 0.3) is 0 Å². The quantitative estimate of drug-likeness (QED) is 0.768. The first-order valence-electron chi connectivity index (χ1n) is 6.25. The summed E-state index contributed by atoms with van der Waals surface area (Å²) >= 11 is 11.1. The summed E-state index contributed by atoms with van der Waals surface area (Å²) in [5.74, 6) is -0.262. The van der Waals surface area contributed by atoms with E-state index >= 15 is 0 Å². The van der Waals surface area contributed by atoms with Crippen LogP contribution in [0, 0.1) is 0 Å². The number of halogens is 4. The third-order valence-corrected chi connectivity index (χ3v) is 6.07. The van der Waals surface area contributed by atoms with Crippen molar-refractivity contribution in [2.45, 2.75) is 18.3 Å². The second kappa shape index (κ2) is 4.97. The van der Waals surface area contributed by atoms with Gasteiger partial charge in [-0.15, -0.1) is 0 Å². The van der Waals surface area contributed by atoms with Gasteiger partial charge in [0.2, 0.25) is 0 Å². The third kappa shape index (κ3) is 2.65. The van der Waals surface area contributed by atoms with Crippen LogP contribution in [0.2, 0.25) is 5.02 Å². The highest BCUT2D eigenvalue weighted by Gasteiger charge is 2.48. The standard InChI is InChI=1S/C12H10ClF3N2O2S2/c13-7-2-1-6(12(14,15)16)3-9(7)18-10-5-22(19,20)4-8(10)17-11(18)21/h1-3,8,10H,4-5H2,(H,17,21)/t8-,10+/m1/s1. The highest BCUT2D eigenvalue weighted by molar-refractivity contribution is 7.91. The number of thiocarbonyl (C=S) groups is 1. The predicted octanol–water partition coefficient (Wildman–Crippen LogP) is 2.22. The monoisotopic (exact) mass is 370 g/mol. The molecule has 2 saturated heterocycles. The molecule has 22 heavy (non-hydrogen) atoms. The fourth-order valence-electron chi connectivity index (χ4n) is 2.76. The Kier molecular flexibility index (Phi) is 3.57. The van der Waals surface area contributed by atoms with Crippen molar-refractivity contribution in [2.75, 3.05) is 16.4 Å². The van der Waals surface area contributed by atoms with E-state index in [0.29, 0.717) is 0 Å². The van der Waals surface area contributed by atoms with Gasteiger partial charge >= 0.3 is 6.18 Å². The van der Waals surface area contributed by atoms with E-state index in [0.717, 1.165) is 18.2 Å². The van der Waals surface area contributed by atoms with E-state index in [1.54, 1.807) is 0 Å². The predicted molar refractivity (Wildman–Crippen MR) is 80.9 cm³/mol. The molecule has 4 nitrogen and oxygen atoms in total. The van der Waals surface area contributed by atoms with Crippen LogP contribution in [-0.2, 0) is 16.0 Å². The van der Waals surface area contributed by atoms with Crippen LogP contribution in [0.3, 0.4) is 0 Å². The van der Waals surface area contributed by atoms with Gasteiger partial charge in [-0.2, -0.15) is 13.2 Å². The van der Waals surface area contributed by atoms with Gasteiger partial charge in [-0.25, -0.2) is 8.42 Å². The number of fused-ring (bicyclic) bond motifs is 1. The molecule has 10 heteroatoms. The second-order valence-electron chi connectivity index (χ2n) is 5.23. The maximum atomic E-state index is 12.9. The van der Waals surface area contributed by atoms with Crippen LogP contribution in [0.5, 0.6) is 0 Å². The molecule has 0 unspecified atom stereocenters. The SMILES string of the molecule is O=S1(=O)C[C@H]2NC(=S)N(c3cc(C(F)(F)F)ccc3Cl)[C@H]2C1. The molecule has 2 atom stereocenters. The number of nitrogens with one attached hydrogen (secondary N) is 1. The van der Waals surface area contributed by atoms with E-state index < -0.39 is 33.7 Å². The summed E-state index contributed by atoms with van der Waals surface area (Å²) in [6.07, 6.45) is -4.52. The Morgan fingerprint density at radius 3 is 2.64 bits per heavy atom. The lowest BCUT2D eigenvalue weighted by Gasteiger charge is -2.25. The molecule has 0 radical (unpaired) electrons. The van der Waals surface area contributed by atoms with Crippen LogP contribution in [0.4, 0.5) is 18.9 Å². The zero-order chi connectivity index (χ0) is 16.3. The molecule has 2 aliphatic heterocycles. The summed E-state index contributed by atoms with van der Waals surface area (Å²) < 4.78 is 62.0. The van der Waals surface area contributed by atoms with E-state index in [-0.39, 0.29) is 27.3 Å². The van der Waals surface area contributed by atoms with Gasteiger partial charge in [0.15, 0.2) is 14.9 Å². The van der Waals surface area contributed by atoms with Crippen LogP contribution in [0.15, 0.2) is 18.2 Å². The maximum Gasteiger partial charge on any atom is 0.416 e. The lowest BCUT2D eigenvalue weighted by atomic mass is 10.1. The first-order valence-corrected chi connectivity index (χ1v) is 8.86. The number of hydrogen-bond donors (Lipinski definition) is 1. The molecule has 1 N–H and O–H groups in total. The minimum absolute atomic E-state index is 0.0681. The van der Waals surface area contributed by atoms with Gasteiger partial charge in [-0.3, -0.25) is 0 Å². The number of sulfone groups is 1. The second-order valence-corrected chi connectivity index (χ2v) is 8.18. The smallest absolute Gasteiger partial charge is 0.356 e. The van der Waals surface area contributed by atoms with Gasteiger partial charge < -0.3 is 10.2 Å². The first kappa shape index (κ1) is 15.8. The van der Waals surface area contributed by atoms with E-state index in [1.165, 1.54) is 4.90 Å². The molecule has 2 fully saturated rings. The van der Waals surface area contributed by atoms with Crippen LogP contribution >= 0.6 is 23.8 Å². The van der Waals surface area contributed by atoms with Crippen molar-refractivity contribution in [3.8, 4) is 0 Å². The van der Waals surface area contributed by atoms with Gasteiger partial charge in [-0.1, -0.05) is 11.6 Å². The first-order chi connectivity index (χ1) is 10.1. The van der Waals surface area contributed by atoms with Crippen molar-refractivity contribution in [3.05, 3.63) is 28.8 Å². The highest BCUT2D eigenvalue weighted by atomic mass is 35.5. The zero-order valence-electron chi connectivity index (χ0n) is 10.9. The molecule has 0 spiro atoms. The Labute approximate surface area is 135 Å². The minimum Gasteiger partial charge on any atom is -0.356 e. The summed E-state index contributed by atoms with van der Waals surface area (Å²) in [6.45, 7) is 0. The van der Waals surface area contributed by atoms with E-state index in [4.69, 9.17) is 23.8 Å². The molecule has 0 bridgehead atoms. The molecule has 120 valence electrons. The molecular formula is C12H10ClF3N2O2S2. The van der Waals surface area contributed by atoms with Crippen LogP contribution < -0.4 is 10.2 Å². The summed E-state index contributed by atoms with van der Waals surface area (Å²) in [5.41, 5.74) is -0.794. The molecule has 0 aliphatic carbocycles. The molecule has 0 aromatic heterocycles. The largest absolute Gasteiger partial charge is 0.416 e. The van der Waals surface area contributed by atoms with E-state index in [1.807, 2.05) is 0 Å². The minimum atomic E-state index is -4.52. The molecule has 2 heterocycles. The Balaban J connectivity index is 2.05. The van der Waals surface area contributed by atoms with Crippen LogP contribution in [0.1, 0.15) is 5.56 Å². The molecule has 1 aromatic rings. The average molecular weight is 371 g/mol.